The van der Waals surface area contributed by atoms with E-state index < -0.39 is 11.5 Å². The van der Waals surface area contributed by atoms with Gasteiger partial charge in [-0.1, -0.05) is 75.6 Å². The molecule has 0 spiro atoms. The molecule has 2 N–H and O–H groups in total. The molecule has 4 aromatic rings. The highest BCUT2D eigenvalue weighted by Crippen LogP contribution is 2.10. The SMILES string of the molecule is Cc1ccc(NC(=O)c2c(=O)n(-c3ccc(C)cc3)[nH][n+]2CC(=O)c2ccccc2)cc1. The normalized spacial score (nSPS) is 10.7. The lowest BCUT2D eigenvalue weighted by Gasteiger charge is -2.04. The maximum atomic E-state index is 13.2. The predicted molar refractivity (Wildman–Crippen MR) is 121 cm³/mol. The van der Waals surface area contributed by atoms with E-state index in [4.69, 9.17) is 0 Å². The molecule has 0 bridgehead atoms. The maximum Gasteiger partial charge on any atom is 0.411 e. The lowest BCUT2D eigenvalue weighted by atomic mass is 10.1. The summed E-state index contributed by atoms with van der Waals surface area (Å²) in [7, 11) is 0. The average Bonchev–Trinajstić information content (AvgIpc) is 3.12. The van der Waals surface area contributed by atoms with Gasteiger partial charge in [0, 0.05) is 11.3 Å². The van der Waals surface area contributed by atoms with Crippen molar-refractivity contribution in [3.63, 3.8) is 0 Å². The highest BCUT2D eigenvalue weighted by atomic mass is 16.2. The third-order valence-corrected chi connectivity index (χ3v) is 5.11. The van der Waals surface area contributed by atoms with E-state index in [1.54, 1.807) is 48.5 Å². The molecule has 7 nitrogen and oxygen atoms in total. The second kappa shape index (κ2) is 8.85. The first kappa shape index (κ1) is 21.0. The molecule has 1 aromatic heterocycles. The predicted octanol–water partition coefficient (Wildman–Crippen LogP) is 3.21. The monoisotopic (exact) mass is 427 g/mol. The highest BCUT2D eigenvalue weighted by molar-refractivity contribution is 6.02. The molecule has 160 valence electrons. The number of amides is 1. The van der Waals surface area contributed by atoms with Crippen LogP contribution in [0.3, 0.4) is 0 Å². The summed E-state index contributed by atoms with van der Waals surface area (Å²) in [5, 5.41) is 5.65. The number of ketones is 1. The second-order valence-corrected chi connectivity index (χ2v) is 7.62. The van der Waals surface area contributed by atoms with Crippen LogP contribution in [0.5, 0.6) is 0 Å². The lowest BCUT2D eigenvalue weighted by molar-refractivity contribution is -0.743. The fraction of sp³-hybridized carbons (Fsp3) is 0.120. The van der Waals surface area contributed by atoms with Crippen molar-refractivity contribution in [3.05, 3.63) is 112 Å². The molecule has 0 aliphatic rings. The number of hydrogen-bond donors (Lipinski definition) is 2. The summed E-state index contributed by atoms with van der Waals surface area (Å²) in [6.45, 7) is 3.70. The van der Waals surface area contributed by atoms with Gasteiger partial charge in [0.15, 0.2) is 12.2 Å². The van der Waals surface area contributed by atoms with Gasteiger partial charge < -0.3 is 5.32 Å². The fourth-order valence-electron chi connectivity index (χ4n) is 3.33. The zero-order valence-corrected chi connectivity index (χ0v) is 17.8. The van der Waals surface area contributed by atoms with Crippen LogP contribution < -0.4 is 15.6 Å². The number of carbonyl (C=O) groups is 2. The molecule has 0 radical (unpaired) electrons. The van der Waals surface area contributed by atoms with E-state index in [0.717, 1.165) is 11.1 Å². The summed E-state index contributed by atoms with van der Waals surface area (Å²) >= 11 is 0. The summed E-state index contributed by atoms with van der Waals surface area (Å²) in [5.74, 6) is -0.820. The first-order valence-corrected chi connectivity index (χ1v) is 10.2. The number of benzene rings is 3. The van der Waals surface area contributed by atoms with Crippen molar-refractivity contribution < 1.29 is 14.3 Å². The van der Waals surface area contributed by atoms with Gasteiger partial charge in [-0.05, 0) is 38.1 Å². The first-order chi connectivity index (χ1) is 15.4. The zero-order chi connectivity index (χ0) is 22.7. The van der Waals surface area contributed by atoms with E-state index in [9.17, 15) is 14.4 Å². The number of hydrogen-bond acceptors (Lipinski definition) is 3. The fourth-order valence-corrected chi connectivity index (χ4v) is 3.33. The molecule has 1 heterocycles. The summed E-state index contributed by atoms with van der Waals surface area (Å²) in [4.78, 5) is 39.1. The van der Waals surface area contributed by atoms with Gasteiger partial charge in [0.25, 0.3) is 0 Å². The number of aromatic nitrogens is 3. The van der Waals surface area contributed by atoms with Crippen molar-refractivity contribution in [1.29, 1.82) is 0 Å². The molecule has 0 fully saturated rings. The van der Waals surface area contributed by atoms with Crippen LogP contribution in [-0.2, 0) is 6.54 Å². The molecule has 32 heavy (non-hydrogen) atoms. The number of nitrogens with one attached hydrogen (secondary N) is 2. The van der Waals surface area contributed by atoms with Crippen LogP contribution in [-0.4, -0.2) is 21.6 Å². The van der Waals surface area contributed by atoms with E-state index in [0.29, 0.717) is 16.9 Å². The number of Topliss-reactive ketones (excluding diaryl/α,β-unsaturated/α-hetero) is 1. The van der Waals surface area contributed by atoms with Crippen LogP contribution in [0.1, 0.15) is 32.0 Å². The van der Waals surface area contributed by atoms with Gasteiger partial charge in [0.05, 0.1) is 0 Å². The summed E-state index contributed by atoms with van der Waals surface area (Å²) < 4.78 is 2.56. The van der Waals surface area contributed by atoms with Gasteiger partial charge in [0.1, 0.15) is 0 Å². The smallest absolute Gasteiger partial charge is 0.319 e. The molecule has 0 saturated carbocycles. The first-order valence-electron chi connectivity index (χ1n) is 10.2. The van der Waals surface area contributed by atoms with Gasteiger partial charge in [-0.25, -0.2) is 4.79 Å². The van der Waals surface area contributed by atoms with E-state index in [1.807, 2.05) is 44.2 Å². The minimum Gasteiger partial charge on any atom is -0.319 e. The van der Waals surface area contributed by atoms with Crippen LogP contribution in [0.2, 0.25) is 0 Å². The highest BCUT2D eigenvalue weighted by Gasteiger charge is 2.30. The van der Waals surface area contributed by atoms with E-state index in [1.165, 1.54) is 9.36 Å². The number of H-pyrrole nitrogens is 1. The molecule has 3 aromatic carbocycles. The van der Waals surface area contributed by atoms with Crippen molar-refractivity contribution in [2.75, 3.05) is 5.32 Å². The lowest BCUT2D eigenvalue weighted by Crippen LogP contribution is -2.47. The van der Waals surface area contributed by atoms with Gasteiger partial charge in [-0.2, -0.15) is 0 Å². The second-order valence-electron chi connectivity index (χ2n) is 7.62. The Morgan fingerprint density at radius 1 is 0.875 bits per heavy atom. The van der Waals surface area contributed by atoms with E-state index >= 15 is 0 Å². The average molecular weight is 427 g/mol. The minimum absolute atomic E-state index is 0.157. The maximum absolute atomic E-state index is 13.2. The third kappa shape index (κ3) is 4.41. The Morgan fingerprint density at radius 3 is 2.09 bits per heavy atom. The largest absolute Gasteiger partial charge is 0.411 e. The molecule has 1 amide bonds. The zero-order valence-electron chi connectivity index (χ0n) is 17.8. The molecule has 0 atom stereocenters. The van der Waals surface area contributed by atoms with Gasteiger partial charge in [-0.3, -0.25) is 9.59 Å². The molecule has 7 heteroatoms. The molecule has 0 aliphatic carbocycles. The molecular weight excluding hydrogens is 404 g/mol. The van der Waals surface area contributed by atoms with Crippen molar-refractivity contribution in [2.45, 2.75) is 20.4 Å². The number of aryl methyl sites for hydroxylation is 2. The Hall–Kier alpha value is -4.26. The Morgan fingerprint density at radius 2 is 1.47 bits per heavy atom. The molecule has 0 unspecified atom stereocenters. The third-order valence-electron chi connectivity index (χ3n) is 5.11. The van der Waals surface area contributed by atoms with Crippen molar-refractivity contribution in [3.8, 4) is 5.69 Å². The molecule has 0 saturated heterocycles. The topological polar surface area (TPSA) is 87.8 Å². The number of nitrogens with zero attached hydrogens (tertiary/aromatic N) is 2. The number of aromatic amines is 1. The molecular formula is C25H23N4O3+. The van der Waals surface area contributed by atoms with Crippen molar-refractivity contribution in [2.24, 2.45) is 0 Å². The van der Waals surface area contributed by atoms with Crippen molar-refractivity contribution in [1.82, 2.24) is 9.90 Å². The Bertz CT molecular complexity index is 1320. The standard InChI is InChI=1S/C25H22N4O3/c1-17-8-12-20(13-9-17)26-24(31)23-25(32)29(21-14-10-18(2)11-15-21)27-28(23)16-22(30)19-6-4-3-5-7-19/h3-15H,16H2,1-2H3,(H-,26,27,31,32)/p+1. The Balaban J connectivity index is 1.74. The van der Waals surface area contributed by atoms with E-state index in [-0.39, 0.29) is 18.0 Å². The van der Waals surface area contributed by atoms with Gasteiger partial charge >= 0.3 is 17.2 Å². The Kier molecular flexibility index (Phi) is 5.81. The van der Waals surface area contributed by atoms with Gasteiger partial charge in [-0.15, -0.1) is 4.68 Å². The minimum atomic E-state index is -0.596. The van der Waals surface area contributed by atoms with Crippen LogP contribution in [0, 0.1) is 13.8 Å². The summed E-state index contributed by atoms with van der Waals surface area (Å²) in [6.07, 6.45) is 0. The molecule has 0 aliphatic heterocycles. The summed E-state index contributed by atoms with van der Waals surface area (Å²) in [6, 6.07) is 23.3. The van der Waals surface area contributed by atoms with Crippen LogP contribution in [0.15, 0.2) is 83.7 Å². The van der Waals surface area contributed by atoms with E-state index in [2.05, 4.69) is 10.5 Å². The van der Waals surface area contributed by atoms with Gasteiger partial charge in [0.2, 0.25) is 5.78 Å². The van der Waals surface area contributed by atoms with Crippen LogP contribution in [0.4, 0.5) is 5.69 Å². The van der Waals surface area contributed by atoms with Crippen LogP contribution >= 0.6 is 0 Å². The van der Waals surface area contributed by atoms with Crippen molar-refractivity contribution >= 4 is 17.4 Å². The van der Waals surface area contributed by atoms with Crippen LogP contribution in [0.25, 0.3) is 5.69 Å². The quantitative estimate of drug-likeness (QED) is 0.366. The number of carbonyl (C=O) groups excluding carboxylic acids is 2. The molecule has 4 rings (SSSR count). The number of anilines is 1. The Labute approximate surface area is 184 Å². The summed E-state index contributed by atoms with van der Waals surface area (Å²) in [5.41, 5.74) is 3.01. The number of rotatable bonds is 6.